The minimum absolute atomic E-state index is 0.135. The Kier molecular flexibility index (Phi) is 5.33. The van der Waals surface area contributed by atoms with E-state index in [4.69, 9.17) is 9.72 Å². The molecule has 0 unspecified atom stereocenters. The van der Waals surface area contributed by atoms with Crippen molar-refractivity contribution in [3.8, 4) is 0 Å². The van der Waals surface area contributed by atoms with Gasteiger partial charge in [-0.3, -0.25) is 13.9 Å². The van der Waals surface area contributed by atoms with Crippen LogP contribution in [0.25, 0.3) is 11.2 Å². The summed E-state index contributed by atoms with van der Waals surface area (Å²) in [7, 11) is 3.09. The molecule has 1 aromatic carbocycles. The summed E-state index contributed by atoms with van der Waals surface area (Å²) in [6.07, 6.45) is 0.270. The summed E-state index contributed by atoms with van der Waals surface area (Å²) in [6, 6.07) is 6.20. The van der Waals surface area contributed by atoms with Crippen molar-refractivity contribution < 1.29 is 14.0 Å². The van der Waals surface area contributed by atoms with Crippen molar-refractivity contribution in [2.75, 3.05) is 13.1 Å². The zero-order valence-corrected chi connectivity index (χ0v) is 17.7. The van der Waals surface area contributed by atoms with Crippen molar-refractivity contribution in [2.45, 2.75) is 39.1 Å². The van der Waals surface area contributed by atoms with E-state index in [1.807, 2.05) is 4.57 Å². The van der Waals surface area contributed by atoms with Gasteiger partial charge in [0.2, 0.25) is 0 Å². The molecule has 3 heterocycles. The molecule has 1 fully saturated rings. The molecule has 4 rings (SSSR count). The minimum Gasteiger partial charge on any atom is -0.364 e. The smallest absolute Gasteiger partial charge is 0.332 e. The standard InChI is InChI=1S/C21H26FN5O3/c1-13-9-26(10-14(2)30-13)12-17-23-19-18(20(28)25(4)21(29)24(19)3)27(17)11-15-5-7-16(22)8-6-15/h5-8,13-14H,9-12H2,1-4H3/p+1/t13-,14-/m1/s1. The van der Waals surface area contributed by atoms with E-state index in [9.17, 15) is 14.0 Å². The van der Waals surface area contributed by atoms with Gasteiger partial charge in [-0.1, -0.05) is 12.1 Å². The van der Waals surface area contributed by atoms with Gasteiger partial charge in [-0.15, -0.1) is 0 Å². The predicted octanol–water partition coefficient (Wildman–Crippen LogP) is -0.187. The monoisotopic (exact) mass is 416 g/mol. The number of imidazole rings is 1. The first kappa shape index (κ1) is 20.5. The number of fused-ring (bicyclic) bond motifs is 1. The number of nitrogens with one attached hydrogen (secondary N) is 1. The summed E-state index contributed by atoms with van der Waals surface area (Å²) in [4.78, 5) is 31.4. The first-order valence-electron chi connectivity index (χ1n) is 10.1. The van der Waals surface area contributed by atoms with Gasteiger partial charge < -0.3 is 14.2 Å². The van der Waals surface area contributed by atoms with Crippen LogP contribution in [0.15, 0.2) is 33.9 Å². The number of ether oxygens (including phenoxy) is 1. The van der Waals surface area contributed by atoms with Crippen molar-refractivity contribution in [3.63, 3.8) is 0 Å². The lowest BCUT2D eigenvalue weighted by Crippen LogP contribution is -3.14. The molecule has 0 aliphatic carbocycles. The van der Waals surface area contributed by atoms with Gasteiger partial charge >= 0.3 is 5.69 Å². The van der Waals surface area contributed by atoms with Crippen molar-refractivity contribution in [2.24, 2.45) is 14.1 Å². The van der Waals surface area contributed by atoms with E-state index >= 15 is 0 Å². The Morgan fingerprint density at radius 1 is 1.10 bits per heavy atom. The third-order valence-corrected chi connectivity index (χ3v) is 5.71. The average molecular weight is 416 g/mol. The maximum absolute atomic E-state index is 13.4. The molecule has 3 aromatic rings. The molecule has 1 saturated heterocycles. The predicted molar refractivity (Wildman–Crippen MR) is 110 cm³/mol. The highest BCUT2D eigenvalue weighted by Crippen LogP contribution is 2.15. The first-order chi connectivity index (χ1) is 14.2. The van der Waals surface area contributed by atoms with Crippen LogP contribution in [0.1, 0.15) is 25.2 Å². The second kappa shape index (κ2) is 7.81. The quantitative estimate of drug-likeness (QED) is 0.640. The number of nitrogens with zero attached hydrogens (tertiary/aromatic N) is 4. The first-order valence-corrected chi connectivity index (χ1v) is 10.1. The minimum atomic E-state index is -0.411. The van der Waals surface area contributed by atoms with Crippen LogP contribution in [-0.2, 0) is 31.9 Å². The van der Waals surface area contributed by atoms with Gasteiger partial charge in [0.1, 0.15) is 37.7 Å². The molecule has 8 nitrogen and oxygen atoms in total. The Balaban J connectivity index is 1.84. The van der Waals surface area contributed by atoms with Crippen LogP contribution in [0.3, 0.4) is 0 Å². The molecular formula is C21H27FN5O3+. The number of halogens is 1. The summed E-state index contributed by atoms with van der Waals surface area (Å²) in [5, 5.41) is 0. The number of aryl methyl sites for hydroxylation is 1. The highest BCUT2D eigenvalue weighted by Gasteiger charge is 2.28. The second-order valence-electron chi connectivity index (χ2n) is 8.21. The Hall–Kier alpha value is -2.78. The van der Waals surface area contributed by atoms with E-state index in [1.54, 1.807) is 19.2 Å². The molecule has 1 N–H and O–H groups in total. The molecule has 0 radical (unpaired) electrons. The molecule has 30 heavy (non-hydrogen) atoms. The van der Waals surface area contributed by atoms with Crippen LogP contribution in [0.4, 0.5) is 4.39 Å². The Morgan fingerprint density at radius 2 is 1.73 bits per heavy atom. The lowest BCUT2D eigenvalue weighted by Gasteiger charge is -2.32. The topological polar surface area (TPSA) is 75.5 Å². The van der Waals surface area contributed by atoms with Gasteiger partial charge in [-0.25, -0.2) is 14.2 Å². The molecular weight excluding hydrogens is 389 g/mol. The van der Waals surface area contributed by atoms with Crippen molar-refractivity contribution in [1.82, 2.24) is 18.7 Å². The van der Waals surface area contributed by atoms with Crippen molar-refractivity contribution in [3.05, 3.63) is 62.3 Å². The number of rotatable bonds is 4. The molecule has 0 saturated carbocycles. The largest absolute Gasteiger partial charge is 0.364 e. The molecule has 9 heteroatoms. The highest BCUT2D eigenvalue weighted by atomic mass is 19.1. The number of hydrogen-bond acceptors (Lipinski definition) is 4. The Labute approximate surface area is 173 Å². The van der Waals surface area contributed by atoms with Gasteiger partial charge in [-0.2, -0.15) is 0 Å². The van der Waals surface area contributed by atoms with Gasteiger partial charge in [-0.05, 0) is 31.5 Å². The lowest BCUT2D eigenvalue weighted by atomic mass is 10.2. The van der Waals surface area contributed by atoms with Crippen molar-refractivity contribution in [1.29, 1.82) is 0 Å². The van der Waals surface area contributed by atoms with Gasteiger partial charge in [0, 0.05) is 20.6 Å². The van der Waals surface area contributed by atoms with Crippen LogP contribution in [-0.4, -0.2) is 44.0 Å². The van der Waals surface area contributed by atoms with Gasteiger partial charge in [0.25, 0.3) is 5.56 Å². The lowest BCUT2D eigenvalue weighted by molar-refractivity contribution is -0.929. The molecule has 1 aliphatic heterocycles. The van der Waals surface area contributed by atoms with Crippen LogP contribution in [0.2, 0.25) is 0 Å². The number of morpholine rings is 1. The summed E-state index contributed by atoms with van der Waals surface area (Å²) in [5.41, 5.74) is 0.812. The molecule has 2 aromatic heterocycles. The van der Waals surface area contributed by atoms with E-state index in [-0.39, 0.29) is 23.6 Å². The van der Waals surface area contributed by atoms with Crippen molar-refractivity contribution >= 4 is 11.2 Å². The van der Waals surface area contributed by atoms with Crippen LogP contribution < -0.4 is 16.1 Å². The van der Waals surface area contributed by atoms with E-state index < -0.39 is 5.69 Å². The number of aromatic nitrogens is 4. The summed E-state index contributed by atoms with van der Waals surface area (Å²) in [5.74, 6) is 0.414. The molecule has 0 spiro atoms. The molecule has 2 atom stereocenters. The third-order valence-electron chi connectivity index (χ3n) is 5.71. The fourth-order valence-corrected chi connectivity index (χ4v) is 4.33. The average Bonchev–Trinajstić information content (AvgIpc) is 3.03. The van der Waals surface area contributed by atoms with E-state index in [2.05, 4.69) is 13.8 Å². The molecule has 160 valence electrons. The summed E-state index contributed by atoms with van der Waals surface area (Å²) >= 11 is 0. The van der Waals surface area contributed by atoms with E-state index in [0.29, 0.717) is 24.3 Å². The normalized spacial score (nSPS) is 22.0. The van der Waals surface area contributed by atoms with Crippen LogP contribution in [0, 0.1) is 5.82 Å². The summed E-state index contributed by atoms with van der Waals surface area (Å²) < 4.78 is 23.6. The van der Waals surface area contributed by atoms with Crippen LogP contribution in [0.5, 0.6) is 0 Å². The number of benzene rings is 1. The van der Waals surface area contributed by atoms with E-state index in [1.165, 1.54) is 28.6 Å². The SMILES string of the molecule is C[C@@H]1C[NH+](Cc2nc3c(c(=O)n(C)c(=O)n3C)n2Cc2ccc(F)cc2)C[C@@H](C)O1. The summed E-state index contributed by atoms with van der Waals surface area (Å²) in [6.45, 7) is 6.75. The van der Waals surface area contributed by atoms with Crippen LogP contribution >= 0.6 is 0 Å². The molecule has 0 bridgehead atoms. The van der Waals surface area contributed by atoms with Gasteiger partial charge in [0.05, 0.1) is 0 Å². The zero-order valence-electron chi connectivity index (χ0n) is 17.7. The van der Waals surface area contributed by atoms with Gasteiger partial charge in [0.15, 0.2) is 17.0 Å². The zero-order chi connectivity index (χ0) is 21.6. The fraction of sp³-hybridized carbons (Fsp3) is 0.476. The maximum atomic E-state index is 13.4. The van der Waals surface area contributed by atoms with E-state index in [0.717, 1.165) is 29.0 Å². The Bertz CT molecular complexity index is 1180. The Morgan fingerprint density at radius 3 is 2.37 bits per heavy atom. The molecule has 0 amide bonds. The second-order valence-corrected chi connectivity index (χ2v) is 8.21. The fourth-order valence-electron chi connectivity index (χ4n) is 4.33. The maximum Gasteiger partial charge on any atom is 0.332 e. The number of hydrogen-bond donors (Lipinski definition) is 1. The highest BCUT2D eigenvalue weighted by molar-refractivity contribution is 5.71. The number of quaternary nitrogens is 1. The molecule has 1 aliphatic rings. The third kappa shape index (κ3) is 3.70.